The molecule has 21 heavy (non-hydrogen) atoms. The van der Waals surface area contributed by atoms with Gasteiger partial charge >= 0.3 is 0 Å². The second-order valence-electron chi connectivity index (χ2n) is 4.99. The van der Waals surface area contributed by atoms with Gasteiger partial charge < -0.3 is 14.6 Å². The van der Waals surface area contributed by atoms with Crippen LogP contribution in [0.2, 0.25) is 0 Å². The summed E-state index contributed by atoms with van der Waals surface area (Å²) in [5.41, 5.74) is 2.17. The highest BCUT2D eigenvalue weighted by Gasteiger charge is 2.09. The average Bonchev–Trinajstić information content (AvgIpc) is 2.79. The third kappa shape index (κ3) is 4.08. The highest BCUT2D eigenvalue weighted by atomic mass is 16.4. The van der Waals surface area contributed by atoms with Gasteiger partial charge in [-0.2, -0.15) is 0 Å². The van der Waals surface area contributed by atoms with Gasteiger partial charge in [-0.25, -0.2) is 4.98 Å². The van der Waals surface area contributed by atoms with Gasteiger partial charge in [0.05, 0.1) is 12.2 Å². The molecule has 0 saturated carbocycles. The fraction of sp³-hybridized carbons (Fsp3) is 0.375. The van der Waals surface area contributed by atoms with Crippen molar-refractivity contribution in [3.05, 3.63) is 53.2 Å². The van der Waals surface area contributed by atoms with Gasteiger partial charge in [0.25, 0.3) is 0 Å². The zero-order valence-corrected chi connectivity index (χ0v) is 13.1. The Balaban J connectivity index is 1.93. The SMILES string of the molecule is CN=C(NCc1nc(C)c(C)o1)N(C)Cc1ccccc1. The van der Waals surface area contributed by atoms with Crippen molar-refractivity contribution in [2.45, 2.75) is 26.9 Å². The van der Waals surface area contributed by atoms with Gasteiger partial charge in [-0.15, -0.1) is 0 Å². The molecule has 0 aliphatic carbocycles. The molecule has 0 spiro atoms. The van der Waals surface area contributed by atoms with Crippen molar-refractivity contribution in [1.29, 1.82) is 0 Å². The largest absolute Gasteiger partial charge is 0.444 e. The van der Waals surface area contributed by atoms with E-state index in [0.29, 0.717) is 12.4 Å². The van der Waals surface area contributed by atoms with Gasteiger partial charge in [0.15, 0.2) is 5.96 Å². The molecule has 112 valence electrons. The number of benzene rings is 1. The summed E-state index contributed by atoms with van der Waals surface area (Å²) in [5.74, 6) is 2.35. The number of guanidine groups is 1. The van der Waals surface area contributed by atoms with Crippen LogP contribution in [0.25, 0.3) is 0 Å². The molecule has 1 aromatic heterocycles. The highest BCUT2D eigenvalue weighted by Crippen LogP contribution is 2.08. The van der Waals surface area contributed by atoms with E-state index >= 15 is 0 Å². The Kier molecular flexibility index (Phi) is 4.98. The number of aromatic nitrogens is 1. The summed E-state index contributed by atoms with van der Waals surface area (Å²) in [4.78, 5) is 10.7. The number of nitrogens with zero attached hydrogens (tertiary/aromatic N) is 3. The molecule has 0 saturated heterocycles. The molecule has 1 N–H and O–H groups in total. The predicted molar refractivity (Wildman–Crippen MR) is 84.1 cm³/mol. The zero-order chi connectivity index (χ0) is 15.2. The highest BCUT2D eigenvalue weighted by molar-refractivity contribution is 5.79. The van der Waals surface area contributed by atoms with Crippen molar-refractivity contribution >= 4 is 5.96 Å². The Labute approximate surface area is 125 Å². The number of oxazole rings is 1. The van der Waals surface area contributed by atoms with Gasteiger partial charge in [0, 0.05) is 20.6 Å². The molecule has 5 heteroatoms. The van der Waals surface area contributed by atoms with Crippen LogP contribution >= 0.6 is 0 Å². The molecule has 2 rings (SSSR count). The third-order valence-electron chi connectivity index (χ3n) is 3.31. The minimum absolute atomic E-state index is 0.528. The third-order valence-corrected chi connectivity index (χ3v) is 3.31. The van der Waals surface area contributed by atoms with E-state index in [0.717, 1.165) is 24.0 Å². The van der Waals surface area contributed by atoms with Crippen molar-refractivity contribution in [3.63, 3.8) is 0 Å². The van der Waals surface area contributed by atoms with Crippen LogP contribution in [0.1, 0.15) is 22.9 Å². The molecule has 2 aromatic rings. The summed E-state index contributed by atoms with van der Waals surface area (Å²) in [7, 11) is 3.78. The lowest BCUT2D eigenvalue weighted by Gasteiger charge is -2.21. The van der Waals surface area contributed by atoms with E-state index in [9.17, 15) is 0 Å². The molecule has 0 bridgehead atoms. The topological polar surface area (TPSA) is 53.7 Å². The minimum Gasteiger partial charge on any atom is -0.444 e. The number of rotatable bonds is 4. The van der Waals surface area contributed by atoms with Crippen LogP contribution < -0.4 is 5.32 Å². The molecule has 0 radical (unpaired) electrons. The fourth-order valence-corrected chi connectivity index (χ4v) is 2.09. The molecule has 0 fully saturated rings. The summed E-state index contributed by atoms with van der Waals surface area (Å²) in [6.07, 6.45) is 0. The van der Waals surface area contributed by atoms with Crippen molar-refractivity contribution < 1.29 is 4.42 Å². The Bertz CT molecular complexity index is 584. The van der Waals surface area contributed by atoms with Crippen LogP contribution in [0.15, 0.2) is 39.7 Å². The number of hydrogen-bond donors (Lipinski definition) is 1. The monoisotopic (exact) mass is 286 g/mol. The normalized spacial score (nSPS) is 11.5. The van der Waals surface area contributed by atoms with Crippen molar-refractivity contribution in [1.82, 2.24) is 15.2 Å². The van der Waals surface area contributed by atoms with Crippen molar-refractivity contribution in [2.75, 3.05) is 14.1 Å². The first-order chi connectivity index (χ1) is 10.1. The maximum Gasteiger partial charge on any atom is 0.214 e. The number of nitrogens with one attached hydrogen (secondary N) is 1. The Morgan fingerprint density at radius 3 is 2.57 bits per heavy atom. The Morgan fingerprint density at radius 1 is 1.29 bits per heavy atom. The first-order valence-corrected chi connectivity index (χ1v) is 6.98. The van der Waals surface area contributed by atoms with Crippen LogP contribution in [0, 0.1) is 13.8 Å². The molecule has 0 unspecified atom stereocenters. The Hall–Kier alpha value is -2.30. The van der Waals surface area contributed by atoms with E-state index in [-0.39, 0.29) is 0 Å². The lowest BCUT2D eigenvalue weighted by molar-refractivity contribution is 0.443. The van der Waals surface area contributed by atoms with Gasteiger partial charge in [0.2, 0.25) is 5.89 Å². The van der Waals surface area contributed by atoms with E-state index in [2.05, 4.69) is 32.3 Å². The van der Waals surface area contributed by atoms with E-state index in [4.69, 9.17) is 4.42 Å². The van der Waals surface area contributed by atoms with Crippen LogP contribution in [-0.2, 0) is 13.1 Å². The smallest absolute Gasteiger partial charge is 0.214 e. The average molecular weight is 286 g/mol. The summed E-state index contributed by atoms with van der Waals surface area (Å²) in [6, 6.07) is 10.3. The van der Waals surface area contributed by atoms with Gasteiger partial charge in [-0.3, -0.25) is 4.99 Å². The van der Waals surface area contributed by atoms with Crippen LogP contribution in [0.5, 0.6) is 0 Å². The van der Waals surface area contributed by atoms with Crippen LogP contribution in [0.3, 0.4) is 0 Å². The molecule has 0 aliphatic rings. The van der Waals surface area contributed by atoms with Crippen LogP contribution in [0.4, 0.5) is 0 Å². The maximum atomic E-state index is 5.56. The minimum atomic E-state index is 0.528. The predicted octanol–water partition coefficient (Wildman–Crippen LogP) is 2.50. The van der Waals surface area contributed by atoms with E-state index < -0.39 is 0 Å². The molecule has 5 nitrogen and oxygen atoms in total. The van der Waals surface area contributed by atoms with Gasteiger partial charge in [0.1, 0.15) is 5.76 Å². The molecule has 1 aromatic carbocycles. The summed E-state index contributed by atoms with van der Waals surface area (Å²) < 4.78 is 5.56. The van der Waals surface area contributed by atoms with Gasteiger partial charge in [-0.05, 0) is 19.4 Å². The molecular formula is C16H22N4O. The second kappa shape index (κ2) is 6.92. The summed E-state index contributed by atoms with van der Waals surface area (Å²) in [6.45, 7) is 5.19. The number of aryl methyl sites for hydroxylation is 2. The first kappa shape index (κ1) is 15.1. The van der Waals surface area contributed by atoms with Crippen molar-refractivity contribution in [3.8, 4) is 0 Å². The van der Waals surface area contributed by atoms with Crippen molar-refractivity contribution in [2.24, 2.45) is 4.99 Å². The lowest BCUT2D eigenvalue weighted by atomic mass is 10.2. The number of aliphatic imine (C=N–C) groups is 1. The number of hydrogen-bond acceptors (Lipinski definition) is 3. The van der Waals surface area contributed by atoms with E-state index in [1.807, 2.05) is 39.1 Å². The zero-order valence-electron chi connectivity index (χ0n) is 13.1. The fourth-order valence-electron chi connectivity index (χ4n) is 2.09. The van der Waals surface area contributed by atoms with Crippen LogP contribution in [-0.4, -0.2) is 29.9 Å². The molecule has 0 atom stereocenters. The Morgan fingerprint density at radius 2 is 2.00 bits per heavy atom. The summed E-state index contributed by atoms with van der Waals surface area (Å²) in [5, 5.41) is 3.27. The standard InChI is InChI=1S/C16H22N4O/c1-12-13(2)21-15(19-12)10-18-16(17-3)20(4)11-14-8-6-5-7-9-14/h5-9H,10-11H2,1-4H3,(H,17,18). The molecule has 1 heterocycles. The van der Waals surface area contributed by atoms with E-state index in [1.54, 1.807) is 7.05 Å². The molecule has 0 aliphatic heterocycles. The molecular weight excluding hydrogens is 264 g/mol. The maximum absolute atomic E-state index is 5.56. The first-order valence-electron chi connectivity index (χ1n) is 6.98. The lowest BCUT2D eigenvalue weighted by Crippen LogP contribution is -2.38. The molecule has 0 amide bonds. The second-order valence-corrected chi connectivity index (χ2v) is 4.99. The van der Waals surface area contributed by atoms with E-state index in [1.165, 1.54) is 5.56 Å². The van der Waals surface area contributed by atoms with Gasteiger partial charge in [-0.1, -0.05) is 30.3 Å². The quantitative estimate of drug-likeness (QED) is 0.693. The summed E-state index contributed by atoms with van der Waals surface area (Å²) >= 11 is 0.